The van der Waals surface area contributed by atoms with Crippen LogP contribution in [0.2, 0.25) is 0 Å². The van der Waals surface area contributed by atoms with E-state index in [2.05, 4.69) is 10.6 Å². The van der Waals surface area contributed by atoms with Gasteiger partial charge in [-0.15, -0.1) is 0 Å². The molecule has 0 saturated heterocycles. The Kier molecular flexibility index (Phi) is 6.39. The largest absolute Gasteiger partial charge is 0.508 e. The highest BCUT2D eigenvalue weighted by molar-refractivity contribution is 5.87. The van der Waals surface area contributed by atoms with Gasteiger partial charge in [0.05, 0.1) is 0 Å². The number of phenolic OH excluding ortho intramolecular Hbond substituents is 2. The van der Waals surface area contributed by atoms with Gasteiger partial charge in [0.25, 0.3) is 0 Å². The first-order valence-corrected chi connectivity index (χ1v) is 8.04. The van der Waals surface area contributed by atoms with Gasteiger partial charge in [-0.25, -0.2) is 0 Å². The number of nitrogens with one attached hydrogen (secondary N) is 2. The molecule has 1 unspecified atom stereocenters. The first-order valence-electron chi connectivity index (χ1n) is 8.04. The fourth-order valence-corrected chi connectivity index (χ4v) is 2.44. The summed E-state index contributed by atoms with van der Waals surface area (Å²) < 4.78 is 0. The molecule has 0 spiro atoms. The monoisotopic (exact) mass is 342 g/mol. The third kappa shape index (κ3) is 6.18. The number of hydrogen-bond acceptors (Lipinski definition) is 4. The zero-order chi connectivity index (χ0) is 18.2. The van der Waals surface area contributed by atoms with Crippen molar-refractivity contribution in [2.24, 2.45) is 0 Å². The molecule has 0 aliphatic rings. The Morgan fingerprint density at radius 3 is 1.96 bits per heavy atom. The normalized spacial score (nSPS) is 11.6. The summed E-state index contributed by atoms with van der Waals surface area (Å²) in [5, 5.41) is 24.1. The minimum atomic E-state index is -0.679. The van der Waals surface area contributed by atoms with Crippen molar-refractivity contribution in [1.29, 1.82) is 0 Å². The number of rotatable bonds is 7. The van der Waals surface area contributed by atoms with Crippen LogP contribution in [0.15, 0.2) is 48.5 Å². The van der Waals surface area contributed by atoms with E-state index in [1.807, 2.05) is 0 Å². The van der Waals surface area contributed by atoms with Gasteiger partial charge in [0.1, 0.15) is 17.5 Å². The Hall–Kier alpha value is -3.02. The van der Waals surface area contributed by atoms with Gasteiger partial charge in [0.15, 0.2) is 0 Å². The van der Waals surface area contributed by atoms with Crippen molar-refractivity contribution in [2.45, 2.75) is 25.8 Å². The molecule has 2 rings (SSSR count). The second-order valence-electron chi connectivity index (χ2n) is 5.83. The van der Waals surface area contributed by atoms with Crippen molar-refractivity contribution in [3.63, 3.8) is 0 Å². The molecule has 2 aromatic carbocycles. The number of hydrogen-bond donors (Lipinski definition) is 4. The van der Waals surface area contributed by atoms with Crippen LogP contribution in [0.25, 0.3) is 0 Å². The van der Waals surface area contributed by atoms with E-state index in [1.165, 1.54) is 6.92 Å². The summed E-state index contributed by atoms with van der Waals surface area (Å²) in [7, 11) is 0. The lowest BCUT2D eigenvalue weighted by Gasteiger charge is -2.18. The highest BCUT2D eigenvalue weighted by atomic mass is 16.3. The van der Waals surface area contributed by atoms with Gasteiger partial charge in [0, 0.05) is 19.9 Å². The van der Waals surface area contributed by atoms with Gasteiger partial charge in [-0.2, -0.15) is 0 Å². The molecule has 2 aromatic rings. The molecule has 0 aromatic heterocycles. The van der Waals surface area contributed by atoms with E-state index in [-0.39, 0.29) is 23.3 Å². The molecule has 0 aliphatic heterocycles. The Labute approximate surface area is 146 Å². The van der Waals surface area contributed by atoms with Crippen LogP contribution < -0.4 is 10.6 Å². The van der Waals surface area contributed by atoms with Crippen LogP contribution in [-0.2, 0) is 22.4 Å². The van der Waals surface area contributed by atoms with E-state index in [0.29, 0.717) is 19.4 Å². The zero-order valence-corrected chi connectivity index (χ0v) is 14.0. The summed E-state index contributed by atoms with van der Waals surface area (Å²) in [5.41, 5.74) is 1.83. The summed E-state index contributed by atoms with van der Waals surface area (Å²) in [6, 6.07) is 12.6. The smallest absolute Gasteiger partial charge is 0.242 e. The molecular weight excluding hydrogens is 320 g/mol. The van der Waals surface area contributed by atoms with Crippen molar-refractivity contribution in [3.05, 3.63) is 59.7 Å². The van der Waals surface area contributed by atoms with Crippen LogP contribution in [0.5, 0.6) is 11.5 Å². The third-order valence-corrected chi connectivity index (χ3v) is 3.72. The second-order valence-corrected chi connectivity index (χ2v) is 5.83. The van der Waals surface area contributed by atoms with Crippen LogP contribution in [0.1, 0.15) is 18.1 Å². The Morgan fingerprint density at radius 2 is 1.44 bits per heavy atom. The topological polar surface area (TPSA) is 98.7 Å². The Balaban J connectivity index is 1.91. The van der Waals surface area contributed by atoms with Gasteiger partial charge < -0.3 is 20.8 Å². The number of phenols is 2. The van der Waals surface area contributed by atoms with Crippen molar-refractivity contribution < 1.29 is 19.8 Å². The summed E-state index contributed by atoms with van der Waals surface area (Å²) in [5.74, 6) is -0.190. The molecule has 0 heterocycles. The Morgan fingerprint density at radius 1 is 0.920 bits per heavy atom. The van der Waals surface area contributed by atoms with E-state index in [4.69, 9.17) is 0 Å². The molecule has 0 saturated carbocycles. The highest BCUT2D eigenvalue weighted by Crippen LogP contribution is 2.12. The first kappa shape index (κ1) is 18.3. The van der Waals surface area contributed by atoms with Gasteiger partial charge in [0.2, 0.25) is 11.8 Å². The van der Waals surface area contributed by atoms with E-state index in [1.54, 1.807) is 48.5 Å². The Bertz CT molecular complexity index is 711. The molecule has 0 fully saturated rings. The number of benzene rings is 2. The fourth-order valence-electron chi connectivity index (χ4n) is 2.44. The number of aromatic hydroxyl groups is 2. The average molecular weight is 342 g/mol. The lowest BCUT2D eigenvalue weighted by Crippen LogP contribution is -2.47. The highest BCUT2D eigenvalue weighted by Gasteiger charge is 2.19. The van der Waals surface area contributed by atoms with Gasteiger partial charge in [-0.1, -0.05) is 24.3 Å². The van der Waals surface area contributed by atoms with Crippen LogP contribution >= 0.6 is 0 Å². The molecule has 0 radical (unpaired) electrons. The quantitative estimate of drug-likeness (QED) is 0.613. The molecule has 1 atom stereocenters. The predicted octanol–water partition coefficient (Wildman–Crippen LogP) is 1.50. The van der Waals surface area contributed by atoms with Crippen LogP contribution in [-0.4, -0.2) is 34.6 Å². The lowest BCUT2D eigenvalue weighted by molar-refractivity contribution is -0.128. The summed E-state index contributed by atoms with van der Waals surface area (Å²) in [4.78, 5) is 23.8. The SMILES string of the molecule is CC(=O)NC(Cc1ccc(O)cc1)C(=O)NCCc1ccc(O)cc1. The number of carbonyl (C=O) groups is 2. The molecule has 0 aliphatic carbocycles. The fraction of sp³-hybridized carbons (Fsp3) is 0.263. The van der Waals surface area contributed by atoms with Crippen molar-refractivity contribution in [1.82, 2.24) is 10.6 Å². The zero-order valence-electron chi connectivity index (χ0n) is 14.0. The van der Waals surface area contributed by atoms with Crippen molar-refractivity contribution in [2.75, 3.05) is 6.54 Å². The minimum absolute atomic E-state index is 0.151. The van der Waals surface area contributed by atoms with Gasteiger partial charge in [-0.05, 0) is 41.8 Å². The maximum atomic E-state index is 12.4. The molecule has 0 bridgehead atoms. The average Bonchev–Trinajstić information content (AvgIpc) is 2.57. The third-order valence-electron chi connectivity index (χ3n) is 3.72. The second kappa shape index (κ2) is 8.73. The van der Waals surface area contributed by atoms with Crippen LogP contribution in [0, 0.1) is 0 Å². The van der Waals surface area contributed by atoms with Gasteiger partial charge >= 0.3 is 0 Å². The van der Waals surface area contributed by atoms with Crippen LogP contribution in [0.3, 0.4) is 0 Å². The van der Waals surface area contributed by atoms with Crippen molar-refractivity contribution in [3.8, 4) is 11.5 Å². The molecular formula is C19H22N2O4. The van der Waals surface area contributed by atoms with E-state index in [0.717, 1.165) is 11.1 Å². The molecule has 2 amide bonds. The minimum Gasteiger partial charge on any atom is -0.508 e. The lowest BCUT2D eigenvalue weighted by atomic mass is 10.0. The van der Waals surface area contributed by atoms with Crippen molar-refractivity contribution >= 4 is 11.8 Å². The number of amides is 2. The summed E-state index contributed by atoms with van der Waals surface area (Å²) in [6.45, 7) is 1.79. The maximum absolute atomic E-state index is 12.4. The van der Waals surface area contributed by atoms with E-state index >= 15 is 0 Å². The molecule has 6 heteroatoms. The standard InChI is InChI=1S/C19H22N2O4/c1-13(22)21-18(12-15-4-8-17(24)9-5-15)19(25)20-11-10-14-2-6-16(23)7-3-14/h2-9,18,23-24H,10-12H2,1H3,(H,20,25)(H,21,22). The number of carbonyl (C=O) groups excluding carboxylic acids is 2. The maximum Gasteiger partial charge on any atom is 0.242 e. The van der Waals surface area contributed by atoms with E-state index < -0.39 is 6.04 Å². The predicted molar refractivity (Wildman–Crippen MR) is 94.2 cm³/mol. The molecule has 4 N–H and O–H groups in total. The molecule has 132 valence electrons. The molecule has 25 heavy (non-hydrogen) atoms. The van der Waals surface area contributed by atoms with Crippen LogP contribution in [0.4, 0.5) is 0 Å². The van der Waals surface area contributed by atoms with E-state index in [9.17, 15) is 19.8 Å². The van der Waals surface area contributed by atoms with Gasteiger partial charge in [-0.3, -0.25) is 9.59 Å². The molecule has 6 nitrogen and oxygen atoms in total. The summed E-state index contributed by atoms with van der Waals surface area (Å²) in [6.07, 6.45) is 0.961. The summed E-state index contributed by atoms with van der Waals surface area (Å²) >= 11 is 0. The first-order chi connectivity index (χ1) is 11.9.